The van der Waals surface area contributed by atoms with E-state index in [0.29, 0.717) is 18.6 Å². The maximum absolute atomic E-state index is 11.5. The summed E-state index contributed by atoms with van der Waals surface area (Å²) in [4.78, 5) is 22.8. The first-order chi connectivity index (χ1) is 9.13. The van der Waals surface area contributed by atoms with Crippen molar-refractivity contribution in [1.29, 1.82) is 0 Å². The summed E-state index contributed by atoms with van der Waals surface area (Å²) in [5.74, 6) is -0.117. The van der Waals surface area contributed by atoms with Gasteiger partial charge in [-0.15, -0.1) is 0 Å². The highest BCUT2D eigenvalue weighted by Gasteiger charge is 2.15. The van der Waals surface area contributed by atoms with Crippen molar-refractivity contribution in [2.75, 3.05) is 12.4 Å². The average molecular weight is 290 g/mol. The summed E-state index contributed by atoms with van der Waals surface area (Å²) in [5.41, 5.74) is 0. The van der Waals surface area contributed by atoms with Gasteiger partial charge in [0, 0.05) is 18.6 Å². The third-order valence-electron chi connectivity index (χ3n) is 2.65. The molecule has 0 amide bonds. The van der Waals surface area contributed by atoms with Crippen molar-refractivity contribution < 1.29 is 19.1 Å². The largest absolute Gasteiger partial charge is 0.462 e. The number of thiol groups is 1. The molecule has 0 unspecified atom stereocenters. The minimum absolute atomic E-state index is 0.103. The van der Waals surface area contributed by atoms with Crippen LogP contribution in [0.4, 0.5) is 0 Å². The minimum atomic E-state index is -0.442. The maximum atomic E-state index is 11.5. The molecule has 5 heteroatoms. The molecule has 0 heterocycles. The lowest BCUT2D eigenvalue weighted by Gasteiger charge is -2.16. The number of unbranched alkanes of at least 4 members (excludes halogenated alkanes) is 3. The molecule has 0 saturated carbocycles. The van der Waals surface area contributed by atoms with Crippen molar-refractivity contribution in [3.05, 3.63) is 0 Å². The van der Waals surface area contributed by atoms with E-state index in [-0.39, 0.29) is 18.5 Å². The smallest absolute Gasteiger partial charge is 0.306 e. The first-order valence-corrected chi connectivity index (χ1v) is 7.73. The summed E-state index contributed by atoms with van der Waals surface area (Å²) in [7, 11) is 0. The van der Waals surface area contributed by atoms with E-state index in [0.717, 1.165) is 32.1 Å². The van der Waals surface area contributed by atoms with Gasteiger partial charge in [0.2, 0.25) is 0 Å². The molecule has 0 aliphatic rings. The van der Waals surface area contributed by atoms with E-state index in [4.69, 9.17) is 9.47 Å². The van der Waals surface area contributed by atoms with Crippen LogP contribution in [0.2, 0.25) is 0 Å². The van der Waals surface area contributed by atoms with Gasteiger partial charge in [0.15, 0.2) is 0 Å². The van der Waals surface area contributed by atoms with E-state index >= 15 is 0 Å². The number of ether oxygens (including phenoxy) is 2. The van der Waals surface area contributed by atoms with E-state index in [9.17, 15) is 9.59 Å². The van der Waals surface area contributed by atoms with Gasteiger partial charge >= 0.3 is 11.9 Å². The second kappa shape index (κ2) is 12.3. The third kappa shape index (κ3) is 10.9. The topological polar surface area (TPSA) is 52.6 Å². The lowest BCUT2D eigenvalue weighted by atomic mass is 10.2. The van der Waals surface area contributed by atoms with E-state index in [1.165, 1.54) is 0 Å². The van der Waals surface area contributed by atoms with Crippen LogP contribution in [-0.4, -0.2) is 30.4 Å². The van der Waals surface area contributed by atoms with Gasteiger partial charge in [-0.05, 0) is 12.8 Å². The van der Waals surface area contributed by atoms with Crippen molar-refractivity contribution in [3.63, 3.8) is 0 Å². The first kappa shape index (κ1) is 18.3. The standard InChI is InChI=1S/C14H26O4S/c1-3-5-7-9-14(16)18-12(11-19)10-17-13(15)8-6-4-2/h12,19H,3-11H2,1-2H3/t12-/m1/s1. The molecular weight excluding hydrogens is 264 g/mol. The van der Waals surface area contributed by atoms with Crippen LogP contribution in [0.1, 0.15) is 58.8 Å². The van der Waals surface area contributed by atoms with Crippen molar-refractivity contribution in [2.45, 2.75) is 64.9 Å². The molecule has 112 valence electrons. The lowest BCUT2D eigenvalue weighted by Crippen LogP contribution is -2.26. The van der Waals surface area contributed by atoms with Gasteiger partial charge in [-0.25, -0.2) is 0 Å². The maximum Gasteiger partial charge on any atom is 0.306 e. The molecule has 0 aromatic rings. The normalized spacial score (nSPS) is 11.9. The van der Waals surface area contributed by atoms with Crippen LogP contribution in [0.15, 0.2) is 0 Å². The van der Waals surface area contributed by atoms with Crippen LogP contribution in [0, 0.1) is 0 Å². The zero-order valence-corrected chi connectivity index (χ0v) is 12.9. The molecule has 0 saturated heterocycles. The summed E-state index contributed by atoms with van der Waals surface area (Å²) >= 11 is 4.10. The number of carbonyl (C=O) groups excluding carboxylic acids is 2. The minimum Gasteiger partial charge on any atom is -0.462 e. The second-order valence-corrected chi connectivity index (χ2v) is 4.90. The molecule has 0 aliphatic carbocycles. The molecular formula is C14H26O4S. The monoisotopic (exact) mass is 290 g/mol. The molecule has 0 aromatic carbocycles. The van der Waals surface area contributed by atoms with Crippen molar-refractivity contribution in [2.24, 2.45) is 0 Å². The third-order valence-corrected chi connectivity index (χ3v) is 3.06. The Kier molecular flexibility index (Phi) is 11.9. The van der Waals surface area contributed by atoms with Crippen LogP contribution >= 0.6 is 12.6 Å². The fraction of sp³-hybridized carbons (Fsp3) is 0.857. The quantitative estimate of drug-likeness (QED) is 0.361. The SMILES string of the molecule is CCCCCC(=O)O[C@@H](CS)COC(=O)CCCC. The summed E-state index contributed by atoms with van der Waals surface area (Å²) < 4.78 is 10.3. The first-order valence-electron chi connectivity index (χ1n) is 7.09. The zero-order chi connectivity index (χ0) is 14.5. The van der Waals surface area contributed by atoms with Gasteiger partial charge < -0.3 is 9.47 Å². The van der Waals surface area contributed by atoms with E-state index in [2.05, 4.69) is 19.6 Å². The number of esters is 2. The Morgan fingerprint density at radius 3 is 2.21 bits per heavy atom. The Balaban J connectivity index is 3.81. The summed E-state index contributed by atoms with van der Waals surface area (Å²) in [6.45, 7) is 4.20. The molecule has 4 nitrogen and oxygen atoms in total. The Bertz CT molecular complexity index is 256. The Morgan fingerprint density at radius 2 is 1.63 bits per heavy atom. The molecule has 0 spiro atoms. The van der Waals surface area contributed by atoms with Crippen LogP contribution in [0.25, 0.3) is 0 Å². The summed E-state index contributed by atoms with van der Waals surface area (Å²) in [5, 5.41) is 0. The molecule has 0 N–H and O–H groups in total. The lowest BCUT2D eigenvalue weighted by molar-refractivity contribution is -0.157. The predicted octanol–water partition coefficient (Wildman–Crippen LogP) is 3.14. The Labute approximate surface area is 121 Å². The van der Waals surface area contributed by atoms with Crippen molar-refractivity contribution in [1.82, 2.24) is 0 Å². The number of carbonyl (C=O) groups is 2. The number of rotatable bonds is 11. The molecule has 1 atom stereocenters. The zero-order valence-electron chi connectivity index (χ0n) is 12.0. The van der Waals surface area contributed by atoms with Gasteiger partial charge in [0.25, 0.3) is 0 Å². The van der Waals surface area contributed by atoms with Crippen molar-refractivity contribution in [3.8, 4) is 0 Å². The number of hydrogen-bond acceptors (Lipinski definition) is 5. The van der Waals surface area contributed by atoms with E-state index in [1.54, 1.807) is 0 Å². The molecule has 0 aromatic heterocycles. The highest BCUT2D eigenvalue weighted by molar-refractivity contribution is 7.80. The van der Waals surface area contributed by atoms with Gasteiger partial charge in [0.05, 0.1) is 0 Å². The van der Waals surface area contributed by atoms with Crippen LogP contribution < -0.4 is 0 Å². The molecule has 0 fully saturated rings. The predicted molar refractivity (Wildman–Crippen MR) is 78.4 cm³/mol. The fourth-order valence-electron chi connectivity index (χ4n) is 1.47. The molecule has 19 heavy (non-hydrogen) atoms. The van der Waals surface area contributed by atoms with Gasteiger partial charge in [-0.1, -0.05) is 33.1 Å². The number of hydrogen-bond donors (Lipinski definition) is 1. The second-order valence-electron chi connectivity index (χ2n) is 4.54. The van der Waals surface area contributed by atoms with Gasteiger partial charge in [0.1, 0.15) is 12.7 Å². The molecule has 0 radical (unpaired) electrons. The van der Waals surface area contributed by atoms with Crippen LogP contribution in [0.3, 0.4) is 0 Å². The highest BCUT2D eigenvalue weighted by atomic mass is 32.1. The molecule has 0 bridgehead atoms. The van der Waals surface area contributed by atoms with E-state index in [1.807, 2.05) is 6.92 Å². The van der Waals surface area contributed by atoms with Gasteiger partial charge in [-0.3, -0.25) is 9.59 Å². The molecule has 0 rings (SSSR count). The molecule has 0 aliphatic heterocycles. The van der Waals surface area contributed by atoms with E-state index < -0.39 is 6.10 Å². The summed E-state index contributed by atoms with van der Waals surface area (Å²) in [6.07, 6.45) is 5.10. The van der Waals surface area contributed by atoms with Crippen LogP contribution in [-0.2, 0) is 19.1 Å². The van der Waals surface area contributed by atoms with Gasteiger partial charge in [-0.2, -0.15) is 12.6 Å². The summed E-state index contributed by atoms with van der Waals surface area (Å²) in [6, 6.07) is 0. The fourth-order valence-corrected chi connectivity index (χ4v) is 1.65. The average Bonchev–Trinajstić information content (AvgIpc) is 2.41. The van der Waals surface area contributed by atoms with Crippen LogP contribution in [0.5, 0.6) is 0 Å². The van der Waals surface area contributed by atoms with Crippen molar-refractivity contribution >= 4 is 24.6 Å². The Hall–Kier alpha value is -0.710. The highest BCUT2D eigenvalue weighted by Crippen LogP contribution is 2.05. The Morgan fingerprint density at radius 1 is 1.00 bits per heavy atom.